The molecule has 10 heteroatoms. The van der Waals surface area contributed by atoms with Gasteiger partial charge in [0.2, 0.25) is 0 Å². The molecule has 0 aliphatic heterocycles. The van der Waals surface area contributed by atoms with Gasteiger partial charge in [-0.1, -0.05) is 51.1 Å². The molecule has 1 N–H and O–H groups in total. The highest BCUT2D eigenvalue weighted by atomic mass is 32.2. The number of ether oxygens (including phenoxy) is 1. The third-order valence-electron chi connectivity index (χ3n) is 7.86. The smallest absolute Gasteiger partial charge is 0.417 e. The third kappa shape index (κ3) is 7.99. The van der Waals surface area contributed by atoms with Crippen LogP contribution in [0, 0.1) is 12.3 Å². The summed E-state index contributed by atoms with van der Waals surface area (Å²) in [5, 5.41) is 11.1. The first-order chi connectivity index (χ1) is 22.0. The van der Waals surface area contributed by atoms with Gasteiger partial charge in [-0.3, -0.25) is 14.8 Å². The summed E-state index contributed by atoms with van der Waals surface area (Å²) in [6.07, 6.45) is -1.56. The van der Waals surface area contributed by atoms with Gasteiger partial charge in [0.25, 0.3) is 0 Å². The van der Waals surface area contributed by atoms with Crippen LogP contribution >= 0.6 is 11.8 Å². The van der Waals surface area contributed by atoms with Crippen LogP contribution in [0.15, 0.2) is 84.0 Å². The Morgan fingerprint density at radius 3 is 2.28 bits per heavy atom. The minimum absolute atomic E-state index is 0.167. The van der Waals surface area contributed by atoms with Crippen LogP contribution in [-0.2, 0) is 30.5 Å². The number of aliphatic carboxylic acids is 1. The predicted molar refractivity (Wildman–Crippen MR) is 180 cm³/mol. The minimum Gasteiger partial charge on any atom is -0.487 e. The molecule has 0 amide bonds. The second kappa shape index (κ2) is 13.1. The maximum atomic E-state index is 13.0. The minimum atomic E-state index is -4.45. The van der Waals surface area contributed by atoms with Crippen molar-refractivity contribution < 1.29 is 27.8 Å². The lowest BCUT2D eigenvalue weighted by Crippen LogP contribution is -2.28. The Morgan fingerprint density at radius 1 is 0.957 bits per heavy atom. The average molecular weight is 662 g/mol. The van der Waals surface area contributed by atoms with Crippen LogP contribution in [0.5, 0.6) is 5.75 Å². The van der Waals surface area contributed by atoms with E-state index in [0.717, 1.165) is 50.6 Å². The number of benzene rings is 2. The Balaban J connectivity index is 1.56. The Bertz CT molecular complexity index is 1890. The molecule has 5 aromatic rings. The van der Waals surface area contributed by atoms with E-state index in [4.69, 9.17) is 4.74 Å². The molecule has 0 saturated carbocycles. The number of aryl methyl sites for hydroxylation is 1. The van der Waals surface area contributed by atoms with Gasteiger partial charge in [0.1, 0.15) is 12.4 Å². The van der Waals surface area contributed by atoms with E-state index >= 15 is 0 Å². The zero-order chi connectivity index (χ0) is 34.1. The molecule has 2 aromatic carbocycles. The van der Waals surface area contributed by atoms with Gasteiger partial charge >= 0.3 is 12.1 Å². The molecule has 3 aromatic heterocycles. The molecular formula is C37H38F3N3O3S. The highest BCUT2D eigenvalue weighted by Gasteiger charge is 2.33. The van der Waals surface area contributed by atoms with Crippen LogP contribution in [0.3, 0.4) is 0 Å². The van der Waals surface area contributed by atoms with E-state index in [9.17, 15) is 23.1 Å². The maximum absolute atomic E-state index is 13.0. The molecule has 3 heterocycles. The number of rotatable bonds is 10. The summed E-state index contributed by atoms with van der Waals surface area (Å²) in [5.41, 5.74) is 4.02. The number of carbonyl (C=O) groups is 1. The van der Waals surface area contributed by atoms with Crippen molar-refractivity contribution >= 4 is 28.6 Å². The van der Waals surface area contributed by atoms with Crippen LogP contribution < -0.4 is 4.74 Å². The normalized spacial score (nSPS) is 12.4. The number of carboxylic acids is 1. The van der Waals surface area contributed by atoms with Crippen LogP contribution in [0.4, 0.5) is 13.2 Å². The van der Waals surface area contributed by atoms with Crippen molar-refractivity contribution in [3.63, 3.8) is 0 Å². The molecule has 5 rings (SSSR count). The van der Waals surface area contributed by atoms with E-state index in [1.54, 1.807) is 31.8 Å². The zero-order valence-corrected chi connectivity index (χ0v) is 28.1. The third-order valence-corrected chi connectivity index (χ3v) is 9.13. The van der Waals surface area contributed by atoms with E-state index < -0.39 is 23.1 Å². The molecule has 0 aliphatic carbocycles. The average Bonchev–Trinajstić information content (AvgIpc) is 3.26. The summed E-state index contributed by atoms with van der Waals surface area (Å²) in [7, 11) is 0. The SMILES string of the molecule is Cc1cccnc1COc1ccc2c(c1)c(SC(C)(C)C)c(CC(C)(C)C(=O)O)n2Cc1ccc(-c2ccc(C(F)(F)F)cn2)cc1. The van der Waals surface area contributed by atoms with Crippen molar-refractivity contribution in [1.82, 2.24) is 14.5 Å². The highest BCUT2D eigenvalue weighted by Crippen LogP contribution is 2.44. The Morgan fingerprint density at radius 2 is 1.68 bits per heavy atom. The van der Waals surface area contributed by atoms with Crippen molar-refractivity contribution in [1.29, 1.82) is 0 Å². The molecule has 47 heavy (non-hydrogen) atoms. The number of thioether (sulfide) groups is 1. The van der Waals surface area contributed by atoms with Crippen LogP contribution in [0.2, 0.25) is 0 Å². The summed E-state index contributed by atoms with van der Waals surface area (Å²) >= 11 is 1.70. The van der Waals surface area contributed by atoms with Gasteiger partial charge in [-0.15, -0.1) is 11.8 Å². The number of halogens is 3. The van der Waals surface area contributed by atoms with Gasteiger partial charge in [-0.2, -0.15) is 13.2 Å². The highest BCUT2D eigenvalue weighted by molar-refractivity contribution is 8.00. The summed E-state index contributed by atoms with van der Waals surface area (Å²) in [6.45, 7) is 12.6. The molecule has 246 valence electrons. The summed E-state index contributed by atoms with van der Waals surface area (Å²) in [4.78, 5) is 21.8. The lowest BCUT2D eigenvalue weighted by atomic mass is 9.88. The van der Waals surface area contributed by atoms with E-state index in [1.807, 2.05) is 61.5 Å². The van der Waals surface area contributed by atoms with Crippen molar-refractivity contribution in [2.45, 2.75) is 76.9 Å². The molecule has 0 aliphatic rings. The first kappa shape index (κ1) is 34.0. The zero-order valence-electron chi connectivity index (χ0n) is 27.3. The molecule has 0 radical (unpaired) electrons. The van der Waals surface area contributed by atoms with Gasteiger partial charge < -0.3 is 14.4 Å². The molecule has 0 unspecified atom stereocenters. The van der Waals surface area contributed by atoms with E-state index in [-0.39, 0.29) is 4.75 Å². The van der Waals surface area contributed by atoms with Gasteiger partial charge in [0.05, 0.1) is 22.4 Å². The second-order valence-electron chi connectivity index (χ2n) is 13.3. The van der Waals surface area contributed by atoms with Crippen LogP contribution in [0.1, 0.15) is 62.7 Å². The van der Waals surface area contributed by atoms with Crippen LogP contribution in [-0.4, -0.2) is 30.4 Å². The van der Waals surface area contributed by atoms with Crippen molar-refractivity contribution in [3.8, 4) is 17.0 Å². The number of alkyl halides is 3. The fraction of sp³-hybridized carbons (Fsp3) is 0.324. The number of fused-ring (bicyclic) bond motifs is 1. The molecule has 0 fully saturated rings. The van der Waals surface area contributed by atoms with Crippen molar-refractivity contribution in [3.05, 3.63) is 107 Å². The lowest BCUT2D eigenvalue weighted by Gasteiger charge is -2.24. The van der Waals surface area contributed by atoms with E-state index in [2.05, 4.69) is 35.3 Å². The Labute approximate surface area is 277 Å². The number of hydrogen-bond donors (Lipinski definition) is 1. The summed E-state index contributed by atoms with van der Waals surface area (Å²) < 4.78 is 47.3. The number of aromatic nitrogens is 3. The topological polar surface area (TPSA) is 77.2 Å². The van der Waals surface area contributed by atoms with Gasteiger partial charge in [-0.05, 0) is 68.3 Å². The molecule has 0 atom stereocenters. The quantitative estimate of drug-likeness (QED) is 0.150. The molecular weight excluding hydrogens is 623 g/mol. The molecule has 0 spiro atoms. The standard InChI is InChI=1S/C37H38F3N3O3S/c1-23-8-7-17-41-30(23)22-46-27-14-16-31-28(18-27)33(47-35(2,3)4)32(19-36(5,6)34(44)45)43(31)21-24-9-11-25(12-10-24)29-15-13-26(20-42-29)37(38,39)40/h7-18,20H,19,21-22H2,1-6H3,(H,44,45). The number of pyridine rings is 2. The lowest BCUT2D eigenvalue weighted by molar-refractivity contribution is -0.147. The second-order valence-corrected chi connectivity index (χ2v) is 15.1. The summed E-state index contributed by atoms with van der Waals surface area (Å²) in [6, 6.07) is 19.8. The summed E-state index contributed by atoms with van der Waals surface area (Å²) in [5.74, 6) is -0.197. The van der Waals surface area contributed by atoms with E-state index in [1.165, 1.54) is 6.07 Å². The monoisotopic (exact) mass is 661 g/mol. The predicted octanol–water partition coefficient (Wildman–Crippen LogP) is 9.60. The maximum Gasteiger partial charge on any atom is 0.417 e. The van der Waals surface area contributed by atoms with Crippen molar-refractivity contribution in [2.75, 3.05) is 0 Å². The van der Waals surface area contributed by atoms with Crippen LogP contribution in [0.25, 0.3) is 22.2 Å². The van der Waals surface area contributed by atoms with Gasteiger partial charge in [0, 0.05) is 57.2 Å². The molecule has 0 bridgehead atoms. The van der Waals surface area contributed by atoms with Gasteiger partial charge in [-0.25, -0.2) is 0 Å². The fourth-order valence-electron chi connectivity index (χ4n) is 5.23. The number of hydrogen-bond acceptors (Lipinski definition) is 5. The number of nitrogens with zero attached hydrogens (tertiary/aromatic N) is 3. The largest absolute Gasteiger partial charge is 0.487 e. The molecule has 6 nitrogen and oxygen atoms in total. The number of carboxylic acid groups (broad SMARTS) is 1. The molecule has 0 saturated heterocycles. The van der Waals surface area contributed by atoms with E-state index in [0.29, 0.717) is 36.6 Å². The Kier molecular flexibility index (Phi) is 9.46. The first-order valence-electron chi connectivity index (χ1n) is 15.3. The first-order valence-corrected chi connectivity index (χ1v) is 16.1. The fourth-order valence-corrected chi connectivity index (χ4v) is 6.42. The van der Waals surface area contributed by atoms with Gasteiger partial charge in [0.15, 0.2) is 0 Å². The Hall–Kier alpha value is -4.31. The van der Waals surface area contributed by atoms with Crippen molar-refractivity contribution in [2.24, 2.45) is 5.41 Å².